The van der Waals surface area contributed by atoms with Crippen LogP contribution in [0.15, 0.2) is 109 Å². The summed E-state index contributed by atoms with van der Waals surface area (Å²) in [6.45, 7) is 2.01. The van der Waals surface area contributed by atoms with Crippen molar-refractivity contribution in [1.29, 1.82) is 0 Å². The molecule has 0 saturated carbocycles. The van der Waals surface area contributed by atoms with E-state index >= 15 is 0 Å². The van der Waals surface area contributed by atoms with Crippen molar-refractivity contribution in [3.63, 3.8) is 0 Å². The van der Waals surface area contributed by atoms with Gasteiger partial charge in [-0.25, -0.2) is 0 Å². The van der Waals surface area contributed by atoms with Crippen LogP contribution in [0.2, 0.25) is 5.02 Å². The Morgan fingerprint density at radius 3 is 2.23 bits per heavy atom. The molecule has 0 aliphatic carbocycles. The summed E-state index contributed by atoms with van der Waals surface area (Å²) in [5.41, 5.74) is 4.98. The molecule has 1 N–H and O–H groups in total. The van der Waals surface area contributed by atoms with E-state index in [1.54, 1.807) is 7.11 Å². The fraction of sp³-hybridized carbons (Fsp3) is 0.125. The number of pyridine rings is 1. The van der Waals surface area contributed by atoms with E-state index in [0.717, 1.165) is 50.6 Å². The third-order valence-electron chi connectivity index (χ3n) is 7.01. The predicted octanol–water partition coefficient (Wildman–Crippen LogP) is 7.81. The summed E-state index contributed by atoms with van der Waals surface area (Å²) < 4.78 is 13.5. The van der Waals surface area contributed by atoms with Crippen LogP contribution in [0.3, 0.4) is 0 Å². The van der Waals surface area contributed by atoms with E-state index in [1.807, 2.05) is 92.0 Å². The predicted molar refractivity (Wildman–Crippen MR) is 163 cm³/mol. The second kappa shape index (κ2) is 11.0. The average Bonchev–Trinajstić information content (AvgIpc) is 3.60. The third-order valence-corrected chi connectivity index (χ3v) is 7.75. The highest BCUT2D eigenvalue weighted by molar-refractivity contribution is 7.80. The summed E-state index contributed by atoms with van der Waals surface area (Å²) in [7, 11) is 1.64. The minimum atomic E-state index is -0.165. The standard InChI is InChI=1S/C32H27ClN4O2S/c1-21-20-23(10-17-27(21)33)36-19-5-7-29(36)31-30(28-6-3-4-18-34-28)35-32(40)37(31)22-8-11-25(12-9-22)39-26-15-13-24(38-2)14-16-26/h3-20,30-31H,1-2H3,(H,35,40)/t30-,31-/m1/s1. The van der Waals surface area contributed by atoms with Gasteiger partial charge in [-0.1, -0.05) is 17.7 Å². The molecule has 6 rings (SSSR count). The molecule has 1 saturated heterocycles. The first kappa shape index (κ1) is 25.9. The van der Waals surface area contributed by atoms with Crippen molar-refractivity contribution in [2.75, 3.05) is 12.0 Å². The average molecular weight is 567 g/mol. The summed E-state index contributed by atoms with van der Waals surface area (Å²) in [6.07, 6.45) is 3.88. The maximum Gasteiger partial charge on any atom is 0.174 e. The highest BCUT2D eigenvalue weighted by atomic mass is 35.5. The molecule has 200 valence electrons. The van der Waals surface area contributed by atoms with Crippen LogP contribution < -0.4 is 19.7 Å². The van der Waals surface area contributed by atoms with Crippen LogP contribution in [-0.2, 0) is 0 Å². The van der Waals surface area contributed by atoms with Gasteiger partial charge in [0.25, 0.3) is 0 Å². The summed E-state index contributed by atoms with van der Waals surface area (Å²) in [5, 5.41) is 4.91. The lowest BCUT2D eigenvalue weighted by Crippen LogP contribution is -2.30. The van der Waals surface area contributed by atoms with Crippen LogP contribution in [0.1, 0.15) is 29.0 Å². The van der Waals surface area contributed by atoms with Crippen molar-refractivity contribution in [3.05, 3.63) is 131 Å². The molecule has 1 aliphatic heterocycles. The molecule has 3 aromatic carbocycles. The van der Waals surface area contributed by atoms with Gasteiger partial charge in [-0.05, 0) is 116 Å². The lowest BCUT2D eigenvalue weighted by molar-refractivity contribution is 0.413. The maximum absolute atomic E-state index is 6.34. The number of hydrogen-bond acceptors (Lipinski definition) is 4. The third kappa shape index (κ3) is 5.01. The fourth-order valence-corrected chi connectivity index (χ4v) is 5.50. The minimum absolute atomic E-state index is 0.161. The Hall–Kier alpha value is -4.33. The number of anilines is 1. The minimum Gasteiger partial charge on any atom is -0.497 e. The van der Waals surface area contributed by atoms with Gasteiger partial charge in [-0.3, -0.25) is 4.98 Å². The molecule has 1 aliphatic rings. The van der Waals surface area contributed by atoms with Crippen molar-refractivity contribution in [2.24, 2.45) is 0 Å². The number of thiocarbonyl (C=S) groups is 1. The van der Waals surface area contributed by atoms with Gasteiger partial charge < -0.3 is 24.3 Å². The second-order valence-corrected chi connectivity index (χ2v) is 10.3. The van der Waals surface area contributed by atoms with Crippen LogP contribution in [0.5, 0.6) is 17.2 Å². The van der Waals surface area contributed by atoms with Crippen LogP contribution in [0, 0.1) is 6.92 Å². The number of nitrogens with one attached hydrogen (secondary N) is 1. The first-order valence-corrected chi connectivity index (χ1v) is 13.7. The maximum atomic E-state index is 6.34. The smallest absolute Gasteiger partial charge is 0.174 e. The number of hydrogen-bond donors (Lipinski definition) is 1. The van der Waals surface area contributed by atoms with Gasteiger partial charge >= 0.3 is 0 Å². The lowest BCUT2D eigenvalue weighted by Gasteiger charge is -2.29. The molecule has 1 fully saturated rings. The normalized spacial score (nSPS) is 16.6. The number of benzene rings is 3. The van der Waals surface area contributed by atoms with Crippen LogP contribution in [0.25, 0.3) is 5.69 Å². The van der Waals surface area contributed by atoms with E-state index in [9.17, 15) is 0 Å². The topological polar surface area (TPSA) is 51.6 Å². The van der Waals surface area contributed by atoms with Gasteiger partial charge in [0, 0.05) is 34.5 Å². The lowest BCUT2D eigenvalue weighted by atomic mass is 10.0. The number of aromatic nitrogens is 2. The molecule has 8 heteroatoms. The quantitative estimate of drug-likeness (QED) is 0.203. The fourth-order valence-electron chi connectivity index (χ4n) is 5.04. The van der Waals surface area contributed by atoms with E-state index in [1.165, 1.54) is 0 Å². The molecule has 0 amide bonds. The number of ether oxygens (including phenoxy) is 2. The first-order valence-electron chi connectivity index (χ1n) is 12.9. The highest BCUT2D eigenvalue weighted by Gasteiger charge is 2.42. The molecule has 5 aromatic rings. The molecule has 2 aromatic heterocycles. The molecule has 3 heterocycles. The largest absolute Gasteiger partial charge is 0.497 e. The van der Waals surface area contributed by atoms with Crippen molar-refractivity contribution in [3.8, 4) is 22.9 Å². The molecule has 40 heavy (non-hydrogen) atoms. The Bertz CT molecular complexity index is 1640. The van der Waals surface area contributed by atoms with Crippen LogP contribution in [-0.4, -0.2) is 21.8 Å². The highest BCUT2D eigenvalue weighted by Crippen LogP contribution is 2.43. The zero-order chi connectivity index (χ0) is 27.6. The monoisotopic (exact) mass is 566 g/mol. The molecular formula is C32H27ClN4O2S. The molecular weight excluding hydrogens is 540 g/mol. The van der Waals surface area contributed by atoms with Gasteiger partial charge in [-0.15, -0.1) is 0 Å². The van der Waals surface area contributed by atoms with Gasteiger partial charge in [0.05, 0.1) is 18.8 Å². The number of halogens is 1. The SMILES string of the molecule is COc1ccc(Oc2ccc(N3C(=S)N[C@H](c4ccccn4)[C@H]3c3cccn3-c3ccc(Cl)c(C)c3)cc2)cc1. The van der Waals surface area contributed by atoms with Gasteiger partial charge in [0.15, 0.2) is 5.11 Å². The first-order chi connectivity index (χ1) is 19.5. The van der Waals surface area contributed by atoms with Crippen molar-refractivity contribution in [2.45, 2.75) is 19.0 Å². The molecule has 2 atom stereocenters. The molecule has 6 nitrogen and oxygen atoms in total. The second-order valence-electron chi connectivity index (χ2n) is 9.50. The number of methoxy groups -OCH3 is 1. The van der Waals surface area contributed by atoms with E-state index in [4.69, 9.17) is 33.3 Å². The van der Waals surface area contributed by atoms with Crippen molar-refractivity contribution in [1.82, 2.24) is 14.9 Å². The van der Waals surface area contributed by atoms with E-state index < -0.39 is 0 Å². The van der Waals surface area contributed by atoms with E-state index in [-0.39, 0.29) is 12.1 Å². The van der Waals surface area contributed by atoms with Gasteiger partial charge in [-0.2, -0.15) is 0 Å². The number of nitrogens with zero attached hydrogens (tertiary/aromatic N) is 3. The number of rotatable bonds is 7. The molecule has 0 spiro atoms. The Labute approximate surface area is 243 Å². The van der Waals surface area contributed by atoms with E-state index in [0.29, 0.717) is 5.11 Å². The zero-order valence-corrected chi connectivity index (χ0v) is 23.6. The summed E-state index contributed by atoms with van der Waals surface area (Å²) >= 11 is 12.3. The molecule has 0 unspecified atom stereocenters. The molecule has 0 radical (unpaired) electrons. The summed E-state index contributed by atoms with van der Waals surface area (Å²) in [6, 6.07) is 31.3. The Morgan fingerprint density at radius 2 is 1.55 bits per heavy atom. The van der Waals surface area contributed by atoms with Crippen molar-refractivity contribution < 1.29 is 9.47 Å². The number of aryl methyl sites for hydroxylation is 1. The van der Waals surface area contributed by atoms with Gasteiger partial charge in [0.1, 0.15) is 23.3 Å². The Balaban J connectivity index is 1.37. The van der Waals surface area contributed by atoms with E-state index in [2.05, 4.69) is 44.2 Å². The summed E-state index contributed by atoms with van der Waals surface area (Å²) in [4.78, 5) is 6.83. The Morgan fingerprint density at radius 1 is 0.850 bits per heavy atom. The van der Waals surface area contributed by atoms with Gasteiger partial charge in [0.2, 0.25) is 0 Å². The van der Waals surface area contributed by atoms with Crippen LogP contribution in [0.4, 0.5) is 5.69 Å². The zero-order valence-electron chi connectivity index (χ0n) is 22.0. The van der Waals surface area contributed by atoms with Crippen molar-refractivity contribution >= 4 is 34.6 Å². The van der Waals surface area contributed by atoms with Crippen LogP contribution >= 0.6 is 23.8 Å². The Kier molecular flexibility index (Phi) is 7.15. The summed E-state index contributed by atoms with van der Waals surface area (Å²) in [5.74, 6) is 2.24. The molecule has 0 bridgehead atoms.